The standard InChI is InChI=1S/C13H19NO/c1-4-10(2)13(15)8-7-12-6-5-11(3)14-9-12/h5-6,9-10H,4,7-8H2,1-3H3. The Morgan fingerprint density at radius 2 is 2.20 bits per heavy atom. The number of carbonyl (C=O) groups excluding carboxylic acids is 1. The average Bonchev–Trinajstić information content (AvgIpc) is 2.26. The maximum atomic E-state index is 11.6. The molecule has 0 N–H and O–H groups in total. The lowest BCUT2D eigenvalue weighted by molar-refractivity contribution is -0.122. The minimum Gasteiger partial charge on any atom is -0.299 e. The van der Waals surface area contributed by atoms with E-state index in [1.54, 1.807) is 0 Å². The first-order valence-corrected chi connectivity index (χ1v) is 5.57. The van der Waals surface area contributed by atoms with E-state index in [9.17, 15) is 4.79 Å². The van der Waals surface area contributed by atoms with Crippen molar-refractivity contribution in [3.05, 3.63) is 29.6 Å². The molecule has 2 nitrogen and oxygen atoms in total. The van der Waals surface area contributed by atoms with E-state index in [4.69, 9.17) is 0 Å². The molecule has 0 aliphatic heterocycles. The van der Waals surface area contributed by atoms with E-state index in [1.807, 2.05) is 32.2 Å². The van der Waals surface area contributed by atoms with Crippen molar-refractivity contribution >= 4 is 5.78 Å². The number of Topliss-reactive ketones (excluding diaryl/α,β-unsaturated/α-hetero) is 1. The Balaban J connectivity index is 2.43. The Morgan fingerprint density at radius 1 is 1.47 bits per heavy atom. The lowest BCUT2D eigenvalue weighted by atomic mass is 9.98. The molecule has 0 saturated heterocycles. The lowest BCUT2D eigenvalue weighted by Gasteiger charge is -2.06. The number of ketones is 1. The highest BCUT2D eigenvalue weighted by Gasteiger charge is 2.10. The number of pyridine rings is 1. The lowest BCUT2D eigenvalue weighted by Crippen LogP contribution is -2.10. The van der Waals surface area contributed by atoms with E-state index >= 15 is 0 Å². The van der Waals surface area contributed by atoms with Gasteiger partial charge in [-0.2, -0.15) is 0 Å². The van der Waals surface area contributed by atoms with Crippen LogP contribution in [0.3, 0.4) is 0 Å². The fraction of sp³-hybridized carbons (Fsp3) is 0.538. The third kappa shape index (κ3) is 3.82. The quantitative estimate of drug-likeness (QED) is 0.739. The summed E-state index contributed by atoms with van der Waals surface area (Å²) in [6.45, 7) is 6.01. The predicted octanol–water partition coefficient (Wildman–Crippen LogP) is 2.94. The molecule has 0 bridgehead atoms. The smallest absolute Gasteiger partial charge is 0.136 e. The SMILES string of the molecule is CCC(C)C(=O)CCc1ccc(C)nc1. The summed E-state index contributed by atoms with van der Waals surface area (Å²) in [5.74, 6) is 0.557. The molecule has 0 saturated carbocycles. The maximum Gasteiger partial charge on any atom is 0.136 e. The van der Waals surface area contributed by atoms with Gasteiger partial charge < -0.3 is 0 Å². The molecular weight excluding hydrogens is 186 g/mol. The van der Waals surface area contributed by atoms with E-state index in [1.165, 1.54) is 0 Å². The monoisotopic (exact) mass is 205 g/mol. The first-order chi connectivity index (χ1) is 7.13. The zero-order valence-corrected chi connectivity index (χ0v) is 9.79. The van der Waals surface area contributed by atoms with Gasteiger partial charge in [-0.05, 0) is 31.4 Å². The topological polar surface area (TPSA) is 30.0 Å². The van der Waals surface area contributed by atoms with Crippen molar-refractivity contribution in [2.45, 2.75) is 40.0 Å². The van der Waals surface area contributed by atoms with Gasteiger partial charge in [0.15, 0.2) is 0 Å². The fourth-order valence-electron chi connectivity index (χ4n) is 1.39. The second-order valence-electron chi connectivity index (χ2n) is 4.08. The van der Waals surface area contributed by atoms with Crippen LogP contribution in [0.4, 0.5) is 0 Å². The van der Waals surface area contributed by atoms with Crippen molar-refractivity contribution < 1.29 is 4.79 Å². The summed E-state index contributed by atoms with van der Waals surface area (Å²) in [6, 6.07) is 4.04. The van der Waals surface area contributed by atoms with E-state index in [-0.39, 0.29) is 5.92 Å². The molecule has 1 aromatic heterocycles. The molecule has 0 aromatic carbocycles. The first kappa shape index (κ1) is 11.9. The van der Waals surface area contributed by atoms with Gasteiger partial charge in [-0.1, -0.05) is 19.9 Å². The number of rotatable bonds is 5. The second-order valence-corrected chi connectivity index (χ2v) is 4.08. The number of carbonyl (C=O) groups is 1. The third-order valence-electron chi connectivity index (χ3n) is 2.79. The van der Waals surface area contributed by atoms with Gasteiger partial charge in [-0.3, -0.25) is 9.78 Å². The predicted molar refractivity (Wildman–Crippen MR) is 61.8 cm³/mol. The highest BCUT2D eigenvalue weighted by Crippen LogP contribution is 2.09. The van der Waals surface area contributed by atoms with Gasteiger partial charge in [0.05, 0.1) is 0 Å². The summed E-state index contributed by atoms with van der Waals surface area (Å²) in [5.41, 5.74) is 2.17. The minimum atomic E-state index is 0.198. The summed E-state index contributed by atoms with van der Waals surface area (Å²) in [4.78, 5) is 15.8. The number of aryl methyl sites for hydroxylation is 2. The van der Waals surface area contributed by atoms with Crippen LogP contribution in [0, 0.1) is 12.8 Å². The van der Waals surface area contributed by atoms with E-state index in [0.717, 1.165) is 24.1 Å². The van der Waals surface area contributed by atoms with Crippen molar-refractivity contribution in [1.29, 1.82) is 0 Å². The summed E-state index contributed by atoms with van der Waals surface area (Å²) < 4.78 is 0. The molecule has 0 fully saturated rings. The summed E-state index contributed by atoms with van der Waals surface area (Å²) in [7, 11) is 0. The molecule has 2 heteroatoms. The molecule has 15 heavy (non-hydrogen) atoms. The highest BCUT2D eigenvalue weighted by molar-refractivity contribution is 5.80. The van der Waals surface area contributed by atoms with Crippen LogP contribution >= 0.6 is 0 Å². The normalized spacial score (nSPS) is 12.5. The number of hydrogen-bond donors (Lipinski definition) is 0. The largest absolute Gasteiger partial charge is 0.299 e. The highest BCUT2D eigenvalue weighted by atomic mass is 16.1. The van der Waals surface area contributed by atoms with Gasteiger partial charge in [0, 0.05) is 24.2 Å². The molecule has 1 rings (SSSR count). The van der Waals surface area contributed by atoms with Gasteiger partial charge in [-0.25, -0.2) is 0 Å². The first-order valence-electron chi connectivity index (χ1n) is 5.57. The van der Waals surface area contributed by atoms with Gasteiger partial charge >= 0.3 is 0 Å². The fourth-order valence-corrected chi connectivity index (χ4v) is 1.39. The minimum absolute atomic E-state index is 0.198. The molecular formula is C13H19NO. The number of nitrogens with zero attached hydrogens (tertiary/aromatic N) is 1. The molecule has 1 atom stereocenters. The van der Waals surface area contributed by atoms with Crippen molar-refractivity contribution in [3.63, 3.8) is 0 Å². The molecule has 82 valence electrons. The molecule has 0 spiro atoms. The van der Waals surface area contributed by atoms with Crippen LogP contribution in [-0.4, -0.2) is 10.8 Å². The molecule has 0 aliphatic carbocycles. The molecule has 1 heterocycles. The molecule has 0 amide bonds. The van der Waals surface area contributed by atoms with Crippen LogP contribution in [0.1, 0.15) is 37.9 Å². The van der Waals surface area contributed by atoms with Crippen LogP contribution in [0.2, 0.25) is 0 Å². The van der Waals surface area contributed by atoms with Crippen LogP contribution in [0.5, 0.6) is 0 Å². The third-order valence-corrected chi connectivity index (χ3v) is 2.79. The van der Waals surface area contributed by atoms with Gasteiger partial charge in [0.25, 0.3) is 0 Å². The summed E-state index contributed by atoms with van der Waals surface area (Å²) in [6.07, 6.45) is 4.25. The van der Waals surface area contributed by atoms with Crippen LogP contribution in [-0.2, 0) is 11.2 Å². The van der Waals surface area contributed by atoms with Gasteiger partial charge in [0.2, 0.25) is 0 Å². The Kier molecular flexibility index (Phi) is 4.47. The van der Waals surface area contributed by atoms with E-state index in [2.05, 4.69) is 11.9 Å². The summed E-state index contributed by atoms with van der Waals surface area (Å²) >= 11 is 0. The van der Waals surface area contributed by atoms with Gasteiger partial charge in [0.1, 0.15) is 5.78 Å². The molecule has 1 unspecified atom stereocenters. The second kappa shape index (κ2) is 5.64. The van der Waals surface area contributed by atoms with Crippen LogP contribution in [0.15, 0.2) is 18.3 Å². The Bertz CT molecular complexity index is 316. The Morgan fingerprint density at radius 3 is 2.73 bits per heavy atom. The number of aromatic nitrogens is 1. The van der Waals surface area contributed by atoms with Crippen molar-refractivity contribution in [2.75, 3.05) is 0 Å². The molecule has 0 aliphatic rings. The van der Waals surface area contributed by atoms with Gasteiger partial charge in [-0.15, -0.1) is 0 Å². The van der Waals surface area contributed by atoms with Crippen LogP contribution < -0.4 is 0 Å². The molecule has 1 aromatic rings. The number of hydrogen-bond acceptors (Lipinski definition) is 2. The zero-order valence-electron chi connectivity index (χ0n) is 9.79. The van der Waals surface area contributed by atoms with E-state index < -0.39 is 0 Å². The zero-order chi connectivity index (χ0) is 11.3. The Labute approximate surface area is 91.7 Å². The average molecular weight is 205 g/mol. The van der Waals surface area contributed by atoms with Crippen molar-refractivity contribution in [2.24, 2.45) is 5.92 Å². The summed E-state index contributed by atoms with van der Waals surface area (Å²) in [5, 5.41) is 0. The molecule has 0 radical (unpaired) electrons. The van der Waals surface area contributed by atoms with Crippen molar-refractivity contribution in [3.8, 4) is 0 Å². The van der Waals surface area contributed by atoms with Crippen molar-refractivity contribution in [1.82, 2.24) is 4.98 Å². The van der Waals surface area contributed by atoms with Crippen LogP contribution in [0.25, 0.3) is 0 Å². The maximum absolute atomic E-state index is 11.6. The van der Waals surface area contributed by atoms with E-state index in [0.29, 0.717) is 12.2 Å². The Hall–Kier alpha value is -1.18.